The van der Waals surface area contributed by atoms with Gasteiger partial charge in [0.1, 0.15) is 0 Å². The van der Waals surface area contributed by atoms with Crippen molar-refractivity contribution < 1.29 is 5.11 Å². The van der Waals surface area contributed by atoms with Crippen molar-refractivity contribution in [1.29, 1.82) is 0 Å². The molecule has 3 N–H and O–H groups in total. The van der Waals surface area contributed by atoms with E-state index in [1.54, 1.807) is 0 Å². The molecule has 1 aromatic rings. The Kier molecular flexibility index (Phi) is 2.41. The van der Waals surface area contributed by atoms with Gasteiger partial charge >= 0.3 is 0 Å². The van der Waals surface area contributed by atoms with E-state index in [0.29, 0.717) is 0 Å². The molecule has 1 atom stereocenters. The summed E-state index contributed by atoms with van der Waals surface area (Å²) in [6.45, 7) is 2.00. The summed E-state index contributed by atoms with van der Waals surface area (Å²) >= 11 is 3.40. The lowest BCUT2D eigenvalue weighted by molar-refractivity contribution is 0.135. The highest BCUT2D eigenvalue weighted by Gasteiger charge is 2.46. The summed E-state index contributed by atoms with van der Waals surface area (Å²) in [6, 6.07) is 5.92. The third kappa shape index (κ3) is 1.72. The second-order valence-electron chi connectivity index (χ2n) is 4.14. The van der Waals surface area contributed by atoms with E-state index in [4.69, 9.17) is 5.73 Å². The van der Waals surface area contributed by atoms with E-state index in [-0.39, 0.29) is 5.54 Å². The summed E-state index contributed by atoms with van der Waals surface area (Å²) in [5, 5.41) is 10.1. The second kappa shape index (κ2) is 3.33. The predicted octanol–water partition coefficient (Wildman–Crippen LogP) is 2.28. The molecule has 1 unspecified atom stereocenters. The normalized spacial score (nSPS) is 20.6. The zero-order chi connectivity index (χ0) is 10.3. The summed E-state index contributed by atoms with van der Waals surface area (Å²) in [4.78, 5) is 0. The highest BCUT2D eigenvalue weighted by molar-refractivity contribution is 9.10. The lowest BCUT2D eigenvalue weighted by atomic mass is 9.97. The maximum Gasteiger partial charge on any atom is 0.0972 e. The van der Waals surface area contributed by atoms with Gasteiger partial charge in [0.25, 0.3) is 0 Å². The molecule has 1 aromatic carbocycles. The number of nitrogens with two attached hydrogens (primary N) is 1. The Morgan fingerprint density at radius 3 is 2.71 bits per heavy atom. The van der Waals surface area contributed by atoms with Crippen LogP contribution in [0.5, 0.6) is 0 Å². The van der Waals surface area contributed by atoms with Crippen LogP contribution in [0.15, 0.2) is 22.7 Å². The predicted molar refractivity (Wildman–Crippen MR) is 60.0 cm³/mol. The number of rotatable bonds is 2. The number of halogens is 1. The van der Waals surface area contributed by atoms with E-state index >= 15 is 0 Å². The van der Waals surface area contributed by atoms with Gasteiger partial charge in [0.15, 0.2) is 0 Å². The molecule has 0 aromatic heterocycles. The SMILES string of the molecule is Cc1ccc(Br)cc1C(O)C1(N)CC1. The highest BCUT2D eigenvalue weighted by atomic mass is 79.9. The molecule has 0 bridgehead atoms. The first-order valence-electron chi connectivity index (χ1n) is 4.76. The first kappa shape index (κ1) is 10.1. The molecule has 0 heterocycles. The van der Waals surface area contributed by atoms with Crippen molar-refractivity contribution in [2.75, 3.05) is 0 Å². The molecule has 3 heteroatoms. The van der Waals surface area contributed by atoms with Crippen molar-refractivity contribution in [3.63, 3.8) is 0 Å². The number of aliphatic hydroxyl groups excluding tert-OH is 1. The van der Waals surface area contributed by atoms with Crippen LogP contribution in [0.2, 0.25) is 0 Å². The summed E-state index contributed by atoms with van der Waals surface area (Å²) in [6.07, 6.45) is 1.31. The topological polar surface area (TPSA) is 46.2 Å². The summed E-state index contributed by atoms with van der Waals surface area (Å²) < 4.78 is 0.987. The van der Waals surface area contributed by atoms with E-state index < -0.39 is 6.10 Å². The van der Waals surface area contributed by atoms with Crippen LogP contribution >= 0.6 is 15.9 Å². The molecule has 0 spiro atoms. The van der Waals surface area contributed by atoms with E-state index in [9.17, 15) is 5.11 Å². The van der Waals surface area contributed by atoms with Gasteiger partial charge in [0.2, 0.25) is 0 Å². The Balaban J connectivity index is 2.35. The van der Waals surface area contributed by atoms with Crippen molar-refractivity contribution >= 4 is 15.9 Å². The Bertz CT molecular complexity index is 360. The minimum Gasteiger partial charge on any atom is -0.386 e. The number of aryl methyl sites for hydroxylation is 1. The zero-order valence-electron chi connectivity index (χ0n) is 8.13. The summed E-state index contributed by atoms with van der Waals surface area (Å²) in [5.74, 6) is 0. The molecule has 1 aliphatic carbocycles. The van der Waals surface area contributed by atoms with Crippen LogP contribution in [-0.2, 0) is 0 Å². The van der Waals surface area contributed by atoms with Crippen molar-refractivity contribution in [3.8, 4) is 0 Å². The molecule has 0 saturated heterocycles. The van der Waals surface area contributed by atoms with Gasteiger partial charge in [-0.2, -0.15) is 0 Å². The van der Waals surface area contributed by atoms with E-state index in [1.807, 2.05) is 25.1 Å². The molecule has 2 nitrogen and oxygen atoms in total. The Morgan fingerprint density at radius 1 is 1.50 bits per heavy atom. The van der Waals surface area contributed by atoms with Gasteiger partial charge in [-0.25, -0.2) is 0 Å². The van der Waals surface area contributed by atoms with E-state index in [0.717, 1.165) is 28.4 Å². The molecule has 1 saturated carbocycles. The molecule has 0 aliphatic heterocycles. The Morgan fingerprint density at radius 2 is 2.14 bits per heavy atom. The van der Waals surface area contributed by atoms with Crippen molar-refractivity contribution in [1.82, 2.24) is 0 Å². The quantitative estimate of drug-likeness (QED) is 0.852. The van der Waals surface area contributed by atoms with Crippen LogP contribution in [0.1, 0.15) is 30.1 Å². The number of hydrogen-bond acceptors (Lipinski definition) is 2. The van der Waals surface area contributed by atoms with Gasteiger partial charge in [-0.15, -0.1) is 0 Å². The largest absolute Gasteiger partial charge is 0.386 e. The number of aliphatic hydroxyl groups is 1. The molecule has 14 heavy (non-hydrogen) atoms. The Labute approximate surface area is 92.3 Å². The fourth-order valence-corrected chi connectivity index (χ4v) is 2.01. The summed E-state index contributed by atoms with van der Waals surface area (Å²) in [7, 11) is 0. The monoisotopic (exact) mass is 255 g/mol. The van der Waals surface area contributed by atoms with E-state index in [1.165, 1.54) is 0 Å². The van der Waals surface area contributed by atoms with Crippen LogP contribution in [0.25, 0.3) is 0 Å². The molecule has 0 radical (unpaired) electrons. The first-order chi connectivity index (χ1) is 6.53. The maximum absolute atomic E-state index is 10.1. The Hall–Kier alpha value is -0.380. The number of hydrogen-bond donors (Lipinski definition) is 2. The average molecular weight is 256 g/mol. The molecule has 1 fully saturated rings. The average Bonchev–Trinajstić information content (AvgIpc) is 2.88. The molecule has 2 rings (SSSR count). The lowest BCUT2D eigenvalue weighted by Crippen LogP contribution is -2.30. The maximum atomic E-state index is 10.1. The lowest BCUT2D eigenvalue weighted by Gasteiger charge is -2.20. The van der Waals surface area contributed by atoms with Crippen LogP contribution in [0.3, 0.4) is 0 Å². The second-order valence-corrected chi connectivity index (χ2v) is 5.05. The standard InChI is InChI=1S/C11H14BrNO/c1-7-2-3-8(12)6-9(7)10(14)11(13)4-5-11/h2-3,6,10,14H,4-5,13H2,1H3. The first-order valence-corrected chi connectivity index (χ1v) is 5.55. The van der Waals surface area contributed by atoms with Gasteiger partial charge in [-0.1, -0.05) is 22.0 Å². The van der Waals surface area contributed by atoms with E-state index in [2.05, 4.69) is 15.9 Å². The molecule has 1 aliphatic rings. The molecule has 0 amide bonds. The highest BCUT2D eigenvalue weighted by Crippen LogP contribution is 2.44. The van der Waals surface area contributed by atoms with Crippen LogP contribution in [-0.4, -0.2) is 10.6 Å². The van der Waals surface area contributed by atoms with Gasteiger partial charge < -0.3 is 10.8 Å². The zero-order valence-corrected chi connectivity index (χ0v) is 9.71. The molecular formula is C11H14BrNO. The van der Waals surface area contributed by atoms with Crippen LogP contribution in [0.4, 0.5) is 0 Å². The fourth-order valence-electron chi connectivity index (χ4n) is 1.63. The van der Waals surface area contributed by atoms with Gasteiger partial charge in [-0.3, -0.25) is 0 Å². The number of benzene rings is 1. The third-order valence-electron chi connectivity index (χ3n) is 2.91. The van der Waals surface area contributed by atoms with Crippen LogP contribution < -0.4 is 5.73 Å². The summed E-state index contributed by atoms with van der Waals surface area (Å²) in [5.41, 5.74) is 7.64. The molecular weight excluding hydrogens is 242 g/mol. The fraction of sp³-hybridized carbons (Fsp3) is 0.455. The van der Waals surface area contributed by atoms with Gasteiger partial charge in [-0.05, 0) is 43.0 Å². The van der Waals surface area contributed by atoms with Gasteiger partial charge in [0, 0.05) is 10.0 Å². The smallest absolute Gasteiger partial charge is 0.0972 e. The van der Waals surface area contributed by atoms with Crippen molar-refractivity contribution in [2.45, 2.75) is 31.4 Å². The minimum atomic E-state index is -0.528. The van der Waals surface area contributed by atoms with Crippen molar-refractivity contribution in [2.24, 2.45) is 5.73 Å². The minimum absolute atomic E-state index is 0.369. The molecule has 76 valence electrons. The van der Waals surface area contributed by atoms with Crippen LogP contribution in [0, 0.1) is 6.92 Å². The third-order valence-corrected chi connectivity index (χ3v) is 3.40. The van der Waals surface area contributed by atoms with Gasteiger partial charge in [0.05, 0.1) is 6.10 Å². The van der Waals surface area contributed by atoms with Crippen molar-refractivity contribution in [3.05, 3.63) is 33.8 Å².